The van der Waals surface area contributed by atoms with Gasteiger partial charge in [-0.3, -0.25) is 0 Å². The Labute approximate surface area is 99.7 Å². The summed E-state index contributed by atoms with van der Waals surface area (Å²) < 4.78 is 7.97. The second-order valence-corrected chi connectivity index (χ2v) is 4.11. The van der Waals surface area contributed by atoms with Gasteiger partial charge in [0.25, 0.3) is 0 Å². The van der Waals surface area contributed by atoms with Crippen LogP contribution in [0.1, 0.15) is 5.56 Å². The van der Waals surface area contributed by atoms with Crippen molar-refractivity contribution in [2.45, 2.75) is 6.92 Å². The standard InChI is InChI=1S/C12H14N2OS/c1-8-4-5-9(6-11(8)15-3)10-7-13-12(16)14(10)2/h4-7H,1-3H3,(H,13,16). The highest BCUT2D eigenvalue weighted by atomic mass is 32.1. The molecule has 0 aliphatic rings. The van der Waals surface area contributed by atoms with Gasteiger partial charge in [0.15, 0.2) is 4.77 Å². The Hall–Kier alpha value is -1.55. The molecule has 16 heavy (non-hydrogen) atoms. The molecular formula is C12H14N2OS. The van der Waals surface area contributed by atoms with Crippen molar-refractivity contribution in [2.24, 2.45) is 7.05 Å². The van der Waals surface area contributed by atoms with Gasteiger partial charge in [-0.05, 0) is 30.8 Å². The summed E-state index contributed by atoms with van der Waals surface area (Å²) in [6.45, 7) is 2.03. The SMILES string of the molecule is COc1cc(-c2c[nH]c(=S)n2C)ccc1C. The molecule has 1 N–H and O–H groups in total. The number of ether oxygens (including phenoxy) is 1. The lowest BCUT2D eigenvalue weighted by Crippen LogP contribution is -1.93. The number of aromatic nitrogens is 2. The minimum atomic E-state index is 0.717. The van der Waals surface area contributed by atoms with Crippen molar-refractivity contribution in [1.82, 2.24) is 9.55 Å². The summed E-state index contributed by atoms with van der Waals surface area (Å²) in [5.41, 5.74) is 3.28. The maximum absolute atomic E-state index is 5.31. The molecule has 0 aliphatic carbocycles. The third-order valence-corrected chi connectivity index (χ3v) is 3.09. The lowest BCUT2D eigenvalue weighted by molar-refractivity contribution is 0.412. The number of methoxy groups -OCH3 is 1. The van der Waals surface area contributed by atoms with E-state index in [2.05, 4.69) is 11.1 Å². The Morgan fingerprint density at radius 2 is 2.12 bits per heavy atom. The zero-order chi connectivity index (χ0) is 11.7. The van der Waals surface area contributed by atoms with Crippen LogP contribution in [0.5, 0.6) is 5.75 Å². The first kappa shape index (κ1) is 11.0. The van der Waals surface area contributed by atoms with E-state index >= 15 is 0 Å². The second-order valence-electron chi connectivity index (χ2n) is 3.72. The molecule has 1 heterocycles. The molecule has 1 aromatic heterocycles. The molecule has 0 bridgehead atoms. The Kier molecular flexibility index (Phi) is 2.83. The van der Waals surface area contributed by atoms with E-state index in [9.17, 15) is 0 Å². The van der Waals surface area contributed by atoms with E-state index in [0.717, 1.165) is 27.3 Å². The van der Waals surface area contributed by atoms with Crippen LogP contribution in [0.2, 0.25) is 0 Å². The molecule has 84 valence electrons. The molecule has 0 saturated heterocycles. The smallest absolute Gasteiger partial charge is 0.177 e. The summed E-state index contributed by atoms with van der Waals surface area (Å²) in [5.74, 6) is 0.893. The van der Waals surface area contributed by atoms with Gasteiger partial charge >= 0.3 is 0 Å². The number of H-pyrrole nitrogens is 1. The minimum absolute atomic E-state index is 0.717. The van der Waals surface area contributed by atoms with Gasteiger partial charge in [-0.2, -0.15) is 0 Å². The van der Waals surface area contributed by atoms with E-state index in [1.165, 1.54) is 0 Å². The van der Waals surface area contributed by atoms with Crippen molar-refractivity contribution in [3.8, 4) is 17.0 Å². The molecule has 0 fully saturated rings. The lowest BCUT2D eigenvalue weighted by atomic mass is 10.1. The van der Waals surface area contributed by atoms with Gasteiger partial charge < -0.3 is 14.3 Å². The van der Waals surface area contributed by atoms with Gasteiger partial charge in [0.1, 0.15) is 5.75 Å². The average Bonchev–Trinajstić information content (AvgIpc) is 2.61. The molecule has 4 heteroatoms. The number of hydrogen-bond acceptors (Lipinski definition) is 2. The van der Waals surface area contributed by atoms with Crippen LogP contribution in [0.25, 0.3) is 11.3 Å². The van der Waals surface area contributed by atoms with Crippen LogP contribution in [0.4, 0.5) is 0 Å². The van der Waals surface area contributed by atoms with Crippen molar-refractivity contribution in [3.63, 3.8) is 0 Å². The highest BCUT2D eigenvalue weighted by molar-refractivity contribution is 7.71. The lowest BCUT2D eigenvalue weighted by Gasteiger charge is -2.08. The maximum atomic E-state index is 5.31. The molecule has 0 spiro atoms. The molecule has 3 nitrogen and oxygen atoms in total. The summed E-state index contributed by atoms with van der Waals surface area (Å²) in [6, 6.07) is 6.13. The number of nitrogens with one attached hydrogen (secondary N) is 1. The van der Waals surface area contributed by atoms with Crippen LogP contribution >= 0.6 is 12.2 Å². The van der Waals surface area contributed by atoms with Crippen molar-refractivity contribution in [3.05, 3.63) is 34.7 Å². The Bertz CT molecular complexity index is 569. The van der Waals surface area contributed by atoms with Crippen molar-refractivity contribution in [2.75, 3.05) is 7.11 Å². The Morgan fingerprint density at radius 1 is 1.38 bits per heavy atom. The normalized spacial score (nSPS) is 10.4. The molecule has 2 rings (SSSR count). The highest BCUT2D eigenvalue weighted by Gasteiger charge is 2.06. The largest absolute Gasteiger partial charge is 0.496 e. The molecule has 0 radical (unpaired) electrons. The third kappa shape index (κ3) is 1.76. The number of aryl methyl sites for hydroxylation is 1. The molecule has 0 amide bonds. The van der Waals surface area contributed by atoms with Gasteiger partial charge in [0, 0.05) is 18.8 Å². The minimum Gasteiger partial charge on any atom is -0.496 e. The van der Waals surface area contributed by atoms with Crippen LogP contribution in [0.3, 0.4) is 0 Å². The van der Waals surface area contributed by atoms with Crippen LogP contribution in [0, 0.1) is 11.7 Å². The van der Waals surface area contributed by atoms with Crippen LogP contribution < -0.4 is 4.74 Å². The zero-order valence-corrected chi connectivity index (χ0v) is 10.4. The van der Waals surface area contributed by atoms with Gasteiger partial charge in [0.2, 0.25) is 0 Å². The Morgan fingerprint density at radius 3 is 2.69 bits per heavy atom. The molecular weight excluding hydrogens is 220 g/mol. The van der Waals surface area contributed by atoms with E-state index in [0.29, 0.717) is 0 Å². The van der Waals surface area contributed by atoms with Crippen molar-refractivity contribution in [1.29, 1.82) is 0 Å². The fourth-order valence-electron chi connectivity index (χ4n) is 1.69. The maximum Gasteiger partial charge on any atom is 0.177 e. The van der Waals surface area contributed by atoms with Gasteiger partial charge in [-0.1, -0.05) is 12.1 Å². The molecule has 0 unspecified atom stereocenters. The summed E-state index contributed by atoms with van der Waals surface area (Å²) in [5, 5.41) is 0. The fourth-order valence-corrected chi connectivity index (χ4v) is 1.85. The predicted octanol–water partition coefficient (Wildman–Crippen LogP) is 3.07. The fraction of sp³-hybridized carbons (Fsp3) is 0.250. The van der Waals surface area contributed by atoms with E-state index in [4.69, 9.17) is 17.0 Å². The van der Waals surface area contributed by atoms with Crippen LogP contribution in [0.15, 0.2) is 24.4 Å². The summed E-state index contributed by atoms with van der Waals surface area (Å²) in [7, 11) is 3.63. The van der Waals surface area contributed by atoms with E-state index in [-0.39, 0.29) is 0 Å². The molecule has 1 aromatic carbocycles. The summed E-state index contributed by atoms with van der Waals surface area (Å²) in [4.78, 5) is 3.02. The van der Waals surface area contributed by atoms with E-state index in [1.807, 2.05) is 36.9 Å². The number of hydrogen-bond donors (Lipinski definition) is 1. The first-order valence-electron chi connectivity index (χ1n) is 5.03. The number of nitrogens with zero attached hydrogens (tertiary/aromatic N) is 1. The highest BCUT2D eigenvalue weighted by Crippen LogP contribution is 2.26. The van der Waals surface area contributed by atoms with E-state index in [1.54, 1.807) is 7.11 Å². The molecule has 0 aliphatic heterocycles. The van der Waals surface area contributed by atoms with E-state index < -0.39 is 0 Å². The zero-order valence-electron chi connectivity index (χ0n) is 9.57. The molecule has 2 aromatic rings. The second kappa shape index (κ2) is 4.14. The monoisotopic (exact) mass is 234 g/mol. The molecule has 0 saturated carbocycles. The topological polar surface area (TPSA) is 29.9 Å². The quantitative estimate of drug-likeness (QED) is 0.809. The third-order valence-electron chi connectivity index (χ3n) is 2.70. The van der Waals surface area contributed by atoms with Crippen molar-refractivity contribution >= 4 is 12.2 Å². The predicted molar refractivity (Wildman–Crippen MR) is 67.3 cm³/mol. The number of benzene rings is 1. The number of imidazole rings is 1. The number of aromatic amines is 1. The number of rotatable bonds is 2. The Balaban J connectivity index is 2.57. The van der Waals surface area contributed by atoms with Crippen molar-refractivity contribution < 1.29 is 4.74 Å². The summed E-state index contributed by atoms with van der Waals surface area (Å²) in [6.07, 6.45) is 1.91. The van der Waals surface area contributed by atoms with Gasteiger partial charge in [0.05, 0.1) is 12.8 Å². The molecule has 0 atom stereocenters. The first-order chi connectivity index (χ1) is 7.63. The van der Waals surface area contributed by atoms with Crippen LogP contribution in [-0.4, -0.2) is 16.7 Å². The van der Waals surface area contributed by atoms with Gasteiger partial charge in [-0.25, -0.2) is 0 Å². The average molecular weight is 234 g/mol. The van der Waals surface area contributed by atoms with Gasteiger partial charge in [-0.15, -0.1) is 0 Å². The first-order valence-corrected chi connectivity index (χ1v) is 5.43. The van der Waals surface area contributed by atoms with Crippen LogP contribution in [-0.2, 0) is 7.05 Å². The summed E-state index contributed by atoms with van der Waals surface area (Å²) >= 11 is 5.14.